The minimum atomic E-state index is -3.74. The van der Waals surface area contributed by atoms with E-state index in [0.717, 1.165) is 0 Å². The van der Waals surface area contributed by atoms with Crippen LogP contribution in [0.4, 0.5) is 4.79 Å². The highest BCUT2D eigenvalue weighted by molar-refractivity contribution is 7.90. The number of carbonyl (C=O) groups excluding carboxylic acids is 2. The van der Waals surface area contributed by atoms with Gasteiger partial charge in [0, 0.05) is 6.42 Å². The fourth-order valence-corrected chi connectivity index (χ4v) is 4.03. The zero-order valence-electron chi connectivity index (χ0n) is 15.2. The molecule has 2 atom stereocenters. The zero-order valence-corrected chi connectivity index (χ0v) is 16.0. The number of carbonyl (C=O) groups is 3. The number of carboxylic acid groups (broad SMARTS) is 1. The summed E-state index contributed by atoms with van der Waals surface area (Å²) in [5, 5.41) is 10.6. The first-order chi connectivity index (χ1) is 12.4. The summed E-state index contributed by atoms with van der Waals surface area (Å²) < 4.78 is 30.8. The molecule has 1 saturated heterocycles. The summed E-state index contributed by atoms with van der Waals surface area (Å²) in [6, 6.07) is 5.00. The Bertz CT molecular complexity index is 841. The lowest BCUT2D eigenvalue weighted by Crippen LogP contribution is -2.44. The maximum atomic E-state index is 11.9. The van der Waals surface area contributed by atoms with Gasteiger partial charge in [0.2, 0.25) is 15.9 Å². The van der Waals surface area contributed by atoms with Gasteiger partial charge in [-0.3, -0.25) is 9.52 Å². The topological polar surface area (TPSA) is 139 Å². The second-order valence-corrected chi connectivity index (χ2v) is 9.11. The molecule has 0 bridgehead atoms. The SMILES string of the molecule is CC(C)(C)OC(=O)N[C@@H](Cc1ccc(C2CC(=O)NS2(=O)=O)cc1)C(=O)O. The Labute approximate surface area is 157 Å². The number of carboxylic acids is 1. The number of amides is 2. The van der Waals surface area contributed by atoms with Crippen LogP contribution in [-0.4, -0.2) is 43.1 Å². The highest BCUT2D eigenvalue weighted by Crippen LogP contribution is 2.30. The van der Waals surface area contributed by atoms with Crippen LogP contribution in [0, 0.1) is 0 Å². The van der Waals surface area contributed by atoms with Crippen LogP contribution >= 0.6 is 0 Å². The Morgan fingerprint density at radius 3 is 2.33 bits per heavy atom. The first-order valence-corrected chi connectivity index (χ1v) is 9.77. The zero-order chi connectivity index (χ0) is 20.4. The molecular weight excluding hydrogens is 376 g/mol. The van der Waals surface area contributed by atoms with E-state index in [1.54, 1.807) is 32.9 Å². The summed E-state index contributed by atoms with van der Waals surface area (Å²) in [5.41, 5.74) is 0.258. The van der Waals surface area contributed by atoms with Gasteiger partial charge in [0.05, 0.1) is 6.42 Å². The minimum Gasteiger partial charge on any atom is -0.480 e. The Kier molecular flexibility index (Phi) is 5.79. The van der Waals surface area contributed by atoms with Crippen molar-refractivity contribution in [3.8, 4) is 0 Å². The third-order valence-electron chi connectivity index (χ3n) is 3.78. The average molecular weight is 398 g/mol. The van der Waals surface area contributed by atoms with Crippen LogP contribution in [0.1, 0.15) is 43.6 Å². The number of sulfonamides is 1. The van der Waals surface area contributed by atoms with E-state index in [0.29, 0.717) is 11.1 Å². The molecule has 10 heteroatoms. The molecule has 3 N–H and O–H groups in total. The number of rotatable bonds is 5. The van der Waals surface area contributed by atoms with Gasteiger partial charge in [-0.15, -0.1) is 0 Å². The summed E-state index contributed by atoms with van der Waals surface area (Å²) in [4.78, 5) is 34.5. The molecule has 0 spiro atoms. The number of hydrogen-bond donors (Lipinski definition) is 3. The maximum Gasteiger partial charge on any atom is 0.408 e. The van der Waals surface area contributed by atoms with Crippen LogP contribution in [0.3, 0.4) is 0 Å². The minimum absolute atomic E-state index is 0.0105. The molecule has 1 heterocycles. The molecule has 1 aromatic rings. The Balaban J connectivity index is 2.08. The van der Waals surface area contributed by atoms with E-state index in [1.807, 2.05) is 4.72 Å². The Hall–Kier alpha value is -2.62. The van der Waals surface area contributed by atoms with E-state index in [9.17, 15) is 27.9 Å². The van der Waals surface area contributed by atoms with Crippen molar-refractivity contribution in [2.75, 3.05) is 0 Å². The van der Waals surface area contributed by atoms with Crippen molar-refractivity contribution in [2.45, 2.75) is 50.5 Å². The quantitative estimate of drug-likeness (QED) is 0.675. The third-order valence-corrected chi connectivity index (χ3v) is 5.48. The van der Waals surface area contributed by atoms with Crippen molar-refractivity contribution in [2.24, 2.45) is 0 Å². The molecule has 1 aliphatic rings. The molecule has 27 heavy (non-hydrogen) atoms. The summed E-state index contributed by atoms with van der Waals surface area (Å²) in [6.45, 7) is 4.99. The van der Waals surface area contributed by atoms with Gasteiger partial charge < -0.3 is 15.2 Å². The van der Waals surface area contributed by atoms with E-state index < -0.39 is 44.9 Å². The van der Waals surface area contributed by atoms with Crippen molar-refractivity contribution >= 4 is 28.0 Å². The number of benzene rings is 1. The normalized spacial score (nSPS) is 19.8. The van der Waals surface area contributed by atoms with E-state index in [1.165, 1.54) is 12.1 Å². The van der Waals surface area contributed by atoms with Gasteiger partial charge in [-0.25, -0.2) is 18.0 Å². The molecule has 1 unspecified atom stereocenters. The second kappa shape index (κ2) is 7.55. The second-order valence-electron chi connectivity index (χ2n) is 7.25. The predicted molar refractivity (Wildman–Crippen MR) is 95.4 cm³/mol. The number of hydrogen-bond acceptors (Lipinski definition) is 6. The lowest BCUT2D eigenvalue weighted by atomic mass is 10.0. The molecule has 1 aromatic carbocycles. The lowest BCUT2D eigenvalue weighted by Gasteiger charge is -2.22. The molecule has 2 rings (SSSR count). The Morgan fingerprint density at radius 1 is 1.30 bits per heavy atom. The van der Waals surface area contributed by atoms with Gasteiger partial charge >= 0.3 is 12.1 Å². The van der Waals surface area contributed by atoms with Gasteiger partial charge in [-0.2, -0.15) is 0 Å². The standard InChI is InChI=1S/C17H22N2O7S/c1-17(2,3)26-16(23)18-12(15(21)22)8-10-4-6-11(7-5-10)13-9-14(20)19-27(13,24)25/h4-7,12-13H,8-9H2,1-3H3,(H,18,23)(H,19,20)(H,21,22)/t12-,13?/m0/s1. The van der Waals surface area contributed by atoms with Crippen LogP contribution in [0.25, 0.3) is 0 Å². The van der Waals surface area contributed by atoms with Crippen molar-refractivity contribution in [3.63, 3.8) is 0 Å². The molecule has 1 aliphatic heterocycles. The number of nitrogens with one attached hydrogen (secondary N) is 2. The van der Waals surface area contributed by atoms with Gasteiger partial charge in [-0.1, -0.05) is 24.3 Å². The van der Waals surface area contributed by atoms with E-state index in [2.05, 4.69) is 5.32 Å². The molecular formula is C17H22N2O7S. The highest BCUT2D eigenvalue weighted by Gasteiger charge is 2.37. The first-order valence-electron chi connectivity index (χ1n) is 8.23. The van der Waals surface area contributed by atoms with Gasteiger partial charge in [0.1, 0.15) is 16.9 Å². The Morgan fingerprint density at radius 2 is 1.89 bits per heavy atom. The molecule has 0 radical (unpaired) electrons. The van der Waals surface area contributed by atoms with E-state index >= 15 is 0 Å². The van der Waals surface area contributed by atoms with Crippen molar-refractivity contribution < 1.29 is 32.6 Å². The molecule has 0 saturated carbocycles. The van der Waals surface area contributed by atoms with Crippen molar-refractivity contribution in [1.29, 1.82) is 0 Å². The number of ether oxygens (including phenoxy) is 1. The largest absolute Gasteiger partial charge is 0.480 e. The molecule has 2 amide bonds. The van der Waals surface area contributed by atoms with Gasteiger partial charge in [-0.05, 0) is 31.9 Å². The third kappa shape index (κ3) is 5.68. The van der Waals surface area contributed by atoms with E-state index in [-0.39, 0.29) is 12.8 Å². The molecule has 148 valence electrons. The van der Waals surface area contributed by atoms with Gasteiger partial charge in [0.25, 0.3) is 0 Å². The summed E-state index contributed by atoms with van der Waals surface area (Å²) in [5.74, 6) is -1.78. The average Bonchev–Trinajstić information content (AvgIpc) is 2.78. The van der Waals surface area contributed by atoms with Crippen molar-refractivity contribution in [3.05, 3.63) is 35.4 Å². The predicted octanol–water partition coefficient (Wildman–Crippen LogP) is 1.10. The maximum absolute atomic E-state index is 11.9. The van der Waals surface area contributed by atoms with E-state index in [4.69, 9.17) is 4.74 Å². The van der Waals surface area contributed by atoms with Gasteiger partial charge in [0.15, 0.2) is 0 Å². The monoisotopic (exact) mass is 398 g/mol. The summed E-state index contributed by atoms with van der Waals surface area (Å²) >= 11 is 0. The highest BCUT2D eigenvalue weighted by atomic mass is 32.2. The number of alkyl carbamates (subject to hydrolysis) is 1. The summed E-state index contributed by atoms with van der Waals surface area (Å²) in [6.07, 6.45) is -1.00. The molecule has 0 aromatic heterocycles. The molecule has 9 nitrogen and oxygen atoms in total. The van der Waals surface area contributed by atoms with Crippen LogP contribution in [0.5, 0.6) is 0 Å². The van der Waals surface area contributed by atoms with Crippen LogP contribution in [0.15, 0.2) is 24.3 Å². The summed E-state index contributed by atoms with van der Waals surface area (Å²) in [7, 11) is -3.74. The fourth-order valence-electron chi connectivity index (χ4n) is 2.60. The van der Waals surface area contributed by atoms with Crippen LogP contribution < -0.4 is 10.0 Å². The van der Waals surface area contributed by atoms with Crippen LogP contribution in [-0.2, 0) is 30.8 Å². The lowest BCUT2D eigenvalue weighted by molar-refractivity contribution is -0.139. The molecule has 0 aliphatic carbocycles. The number of aliphatic carboxylic acids is 1. The molecule has 1 fully saturated rings. The van der Waals surface area contributed by atoms with Crippen molar-refractivity contribution in [1.82, 2.24) is 10.0 Å². The smallest absolute Gasteiger partial charge is 0.408 e. The first kappa shape index (κ1) is 20.7. The fraction of sp³-hybridized carbons (Fsp3) is 0.471. The van der Waals surface area contributed by atoms with Crippen LogP contribution in [0.2, 0.25) is 0 Å².